The Hall–Kier alpha value is -0.470. The molecule has 0 heterocycles. The van der Waals surface area contributed by atoms with Crippen LogP contribution in [0.5, 0.6) is 0 Å². The highest BCUT2D eigenvalue weighted by molar-refractivity contribution is 8.12. The van der Waals surface area contributed by atoms with Gasteiger partial charge in [0.15, 0.2) is 5.12 Å². The van der Waals surface area contributed by atoms with Crippen molar-refractivity contribution in [1.82, 2.24) is 0 Å². The molecule has 1 aromatic carbocycles. The average Bonchev–Trinajstić information content (AvgIpc) is 2.01. The Kier molecular flexibility index (Phi) is 3.63. The fourth-order valence-electron chi connectivity index (χ4n) is 0.812. The topological polar surface area (TPSA) is 17.1 Å². The van der Waals surface area contributed by atoms with Gasteiger partial charge in [0.1, 0.15) is 0 Å². The van der Waals surface area contributed by atoms with Crippen LogP contribution in [0.3, 0.4) is 0 Å². The minimum absolute atomic E-state index is 0.134. The monoisotopic (exact) mass is 200 g/mol. The van der Waals surface area contributed by atoms with Crippen molar-refractivity contribution in [1.29, 1.82) is 0 Å². The molecule has 1 nitrogen and oxygen atoms in total. The number of rotatable bonds is 2. The number of carbonyl (C=O) groups is 1. The lowest BCUT2D eigenvalue weighted by Crippen LogP contribution is -1.84. The predicted octanol–water partition coefficient (Wildman–Crippen LogP) is 3.12. The smallest absolute Gasteiger partial charge is 0.186 e. The number of thioether (sulfide) groups is 1. The molecule has 64 valence electrons. The molecule has 0 bridgehead atoms. The summed E-state index contributed by atoms with van der Waals surface area (Å²) in [7, 11) is 0. The van der Waals surface area contributed by atoms with Crippen LogP contribution in [0.15, 0.2) is 24.3 Å². The van der Waals surface area contributed by atoms with E-state index in [1.165, 1.54) is 11.8 Å². The Morgan fingerprint density at radius 1 is 1.58 bits per heavy atom. The van der Waals surface area contributed by atoms with Crippen LogP contribution in [0.4, 0.5) is 0 Å². The summed E-state index contributed by atoms with van der Waals surface area (Å²) in [6.07, 6.45) is 0. The summed E-state index contributed by atoms with van der Waals surface area (Å²) < 4.78 is 0. The maximum Gasteiger partial charge on any atom is 0.186 e. The number of benzene rings is 1. The van der Waals surface area contributed by atoms with E-state index in [4.69, 9.17) is 11.6 Å². The van der Waals surface area contributed by atoms with E-state index >= 15 is 0 Å². The van der Waals surface area contributed by atoms with Gasteiger partial charge >= 0.3 is 0 Å². The summed E-state index contributed by atoms with van der Waals surface area (Å²) in [6.45, 7) is 1.56. The van der Waals surface area contributed by atoms with Crippen molar-refractivity contribution in [2.75, 3.05) is 0 Å². The second-order valence-corrected chi connectivity index (χ2v) is 4.00. The highest BCUT2D eigenvalue weighted by Crippen LogP contribution is 2.16. The molecule has 3 heteroatoms. The van der Waals surface area contributed by atoms with Crippen molar-refractivity contribution < 1.29 is 4.79 Å². The van der Waals surface area contributed by atoms with Gasteiger partial charge < -0.3 is 0 Å². The van der Waals surface area contributed by atoms with Gasteiger partial charge in [-0.3, -0.25) is 4.79 Å². The molecular formula is C9H9ClOS. The van der Waals surface area contributed by atoms with Crippen LogP contribution in [0.1, 0.15) is 12.5 Å². The molecule has 0 fully saturated rings. The van der Waals surface area contributed by atoms with Crippen LogP contribution in [0.25, 0.3) is 0 Å². The zero-order chi connectivity index (χ0) is 8.97. The zero-order valence-electron chi connectivity index (χ0n) is 6.71. The van der Waals surface area contributed by atoms with Gasteiger partial charge in [0.25, 0.3) is 0 Å². The van der Waals surface area contributed by atoms with E-state index in [2.05, 4.69) is 0 Å². The third kappa shape index (κ3) is 3.28. The number of hydrogen-bond acceptors (Lipinski definition) is 2. The number of halogens is 1. The average molecular weight is 201 g/mol. The van der Waals surface area contributed by atoms with E-state index in [1.807, 2.05) is 24.3 Å². The molecule has 0 N–H and O–H groups in total. The SMILES string of the molecule is CC(=O)SCc1cccc(Cl)c1. The quantitative estimate of drug-likeness (QED) is 0.730. The molecule has 0 radical (unpaired) electrons. The first-order valence-corrected chi connectivity index (χ1v) is 4.92. The van der Waals surface area contributed by atoms with E-state index in [0.29, 0.717) is 5.75 Å². The maximum absolute atomic E-state index is 10.6. The Bertz CT molecular complexity index is 286. The first-order valence-electron chi connectivity index (χ1n) is 3.56. The zero-order valence-corrected chi connectivity index (χ0v) is 8.28. The van der Waals surface area contributed by atoms with E-state index in [-0.39, 0.29) is 5.12 Å². The molecule has 0 saturated carbocycles. The molecule has 0 unspecified atom stereocenters. The molecule has 1 aromatic rings. The van der Waals surface area contributed by atoms with Crippen LogP contribution in [-0.2, 0) is 10.5 Å². The van der Waals surface area contributed by atoms with Gasteiger partial charge in [0.05, 0.1) is 0 Å². The van der Waals surface area contributed by atoms with Crippen molar-refractivity contribution in [2.45, 2.75) is 12.7 Å². The van der Waals surface area contributed by atoms with E-state index in [9.17, 15) is 4.79 Å². The number of carbonyl (C=O) groups excluding carboxylic acids is 1. The molecule has 0 aliphatic rings. The van der Waals surface area contributed by atoms with Gasteiger partial charge in [-0.2, -0.15) is 0 Å². The van der Waals surface area contributed by atoms with Gasteiger partial charge in [0, 0.05) is 17.7 Å². The van der Waals surface area contributed by atoms with Crippen LogP contribution in [0.2, 0.25) is 5.02 Å². The first kappa shape index (κ1) is 9.62. The van der Waals surface area contributed by atoms with Crippen LogP contribution < -0.4 is 0 Å². The van der Waals surface area contributed by atoms with E-state index in [0.717, 1.165) is 10.6 Å². The summed E-state index contributed by atoms with van der Waals surface area (Å²) in [5.74, 6) is 0.704. The van der Waals surface area contributed by atoms with Crippen LogP contribution in [-0.4, -0.2) is 5.12 Å². The predicted molar refractivity (Wildman–Crippen MR) is 53.4 cm³/mol. The Balaban J connectivity index is 2.57. The number of hydrogen-bond donors (Lipinski definition) is 0. The molecule has 0 atom stereocenters. The lowest BCUT2D eigenvalue weighted by atomic mass is 10.2. The summed E-state index contributed by atoms with van der Waals surface area (Å²) in [5, 5.41) is 0.853. The van der Waals surface area contributed by atoms with Crippen LogP contribution >= 0.6 is 23.4 Å². The molecule has 0 amide bonds. The summed E-state index contributed by atoms with van der Waals surface area (Å²) in [5.41, 5.74) is 1.09. The molecule has 0 aromatic heterocycles. The molecule has 0 saturated heterocycles. The normalized spacial score (nSPS) is 9.83. The van der Waals surface area contributed by atoms with Gasteiger partial charge in [0.2, 0.25) is 0 Å². The molecule has 0 aliphatic heterocycles. The van der Waals surface area contributed by atoms with Gasteiger partial charge in [-0.15, -0.1) is 0 Å². The maximum atomic E-state index is 10.6. The minimum atomic E-state index is 0.134. The Morgan fingerprint density at radius 3 is 2.92 bits per heavy atom. The lowest BCUT2D eigenvalue weighted by molar-refractivity contribution is -0.109. The van der Waals surface area contributed by atoms with Crippen molar-refractivity contribution in [3.63, 3.8) is 0 Å². The Labute approximate surface area is 81.1 Å². The summed E-state index contributed by atoms with van der Waals surface area (Å²) in [6, 6.07) is 7.54. The molecule has 1 rings (SSSR count). The van der Waals surface area contributed by atoms with Gasteiger partial charge in [-0.1, -0.05) is 35.5 Å². The second-order valence-electron chi connectivity index (χ2n) is 2.41. The standard InChI is InChI=1S/C9H9ClOS/c1-7(11)12-6-8-3-2-4-9(10)5-8/h2-5H,6H2,1H3. The summed E-state index contributed by atoms with van der Waals surface area (Å²) in [4.78, 5) is 10.6. The fraction of sp³-hybridized carbons (Fsp3) is 0.222. The van der Waals surface area contributed by atoms with Crippen LogP contribution in [0, 0.1) is 0 Å². The van der Waals surface area contributed by atoms with Crippen molar-refractivity contribution in [2.24, 2.45) is 0 Å². The van der Waals surface area contributed by atoms with Crippen molar-refractivity contribution in [3.05, 3.63) is 34.9 Å². The molecule has 0 aliphatic carbocycles. The molecule has 12 heavy (non-hydrogen) atoms. The highest BCUT2D eigenvalue weighted by atomic mass is 35.5. The molecule has 0 spiro atoms. The van der Waals surface area contributed by atoms with Crippen molar-refractivity contribution in [3.8, 4) is 0 Å². The second kappa shape index (κ2) is 4.53. The molecular weight excluding hydrogens is 192 g/mol. The fourth-order valence-corrected chi connectivity index (χ4v) is 1.57. The third-order valence-corrected chi connectivity index (χ3v) is 2.45. The van der Waals surface area contributed by atoms with Gasteiger partial charge in [-0.25, -0.2) is 0 Å². The minimum Gasteiger partial charge on any atom is -0.288 e. The van der Waals surface area contributed by atoms with Crippen molar-refractivity contribution >= 4 is 28.5 Å². The van der Waals surface area contributed by atoms with E-state index < -0.39 is 0 Å². The lowest BCUT2D eigenvalue weighted by Gasteiger charge is -1.98. The van der Waals surface area contributed by atoms with E-state index in [1.54, 1.807) is 6.92 Å². The largest absolute Gasteiger partial charge is 0.288 e. The third-order valence-electron chi connectivity index (χ3n) is 1.33. The van der Waals surface area contributed by atoms with Gasteiger partial charge in [-0.05, 0) is 17.7 Å². The first-order chi connectivity index (χ1) is 5.68. The Morgan fingerprint density at radius 2 is 2.33 bits per heavy atom. The highest BCUT2D eigenvalue weighted by Gasteiger charge is 1.97. The summed E-state index contributed by atoms with van der Waals surface area (Å²) >= 11 is 7.06.